The second-order valence-corrected chi connectivity index (χ2v) is 4.05. The molecule has 17 heavy (non-hydrogen) atoms. The van der Waals surface area contributed by atoms with Gasteiger partial charge in [-0.05, 0) is 12.1 Å². The van der Waals surface area contributed by atoms with Crippen LogP contribution >= 0.6 is 11.6 Å². The van der Waals surface area contributed by atoms with Crippen LogP contribution in [0.5, 0.6) is 5.75 Å². The molecule has 1 atom stereocenters. The first-order valence-corrected chi connectivity index (χ1v) is 5.32. The first-order chi connectivity index (χ1) is 7.91. The smallest absolute Gasteiger partial charge is 0.414 e. The summed E-state index contributed by atoms with van der Waals surface area (Å²) in [6, 6.07) is 3.08. The van der Waals surface area contributed by atoms with Crippen molar-refractivity contribution in [2.24, 2.45) is 5.92 Å². The van der Waals surface area contributed by atoms with E-state index < -0.39 is 29.1 Å². The molecule has 0 amide bonds. The minimum Gasteiger partial charge on any atom is -0.414 e. The Balaban J connectivity index is 2.69. The van der Waals surface area contributed by atoms with Crippen LogP contribution < -0.4 is 4.74 Å². The summed E-state index contributed by atoms with van der Waals surface area (Å²) in [5.74, 6) is -2.92. The van der Waals surface area contributed by atoms with E-state index in [9.17, 15) is 13.6 Å². The average Bonchev–Trinajstić information content (AvgIpc) is 2.23. The van der Waals surface area contributed by atoms with E-state index in [1.165, 1.54) is 0 Å². The van der Waals surface area contributed by atoms with Gasteiger partial charge in [-0.1, -0.05) is 31.5 Å². The van der Waals surface area contributed by atoms with Crippen molar-refractivity contribution in [3.8, 4) is 5.75 Å². The average molecular weight is 265 g/mol. The molecular weight excluding hydrogens is 254 g/mol. The molecule has 0 aliphatic heterocycles. The molecule has 1 rings (SSSR count). The highest BCUT2D eigenvalue weighted by Crippen LogP contribution is 2.22. The van der Waals surface area contributed by atoms with Gasteiger partial charge in [-0.3, -0.25) is 0 Å². The summed E-state index contributed by atoms with van der Waals surface area (Å²) in [7, 11) is 0. The van der Waals surface area contributed by atoms with Crippen LogP contribution in [0.1, 0.15) is 13.8 Å². The fourth-order valence-corrected chi connectivity index (χ4v) is 0.988. The second kappa shape index (κ2) is 5.82. The molecule has 0 spiro atoms. The van der Waals surface area contributed by atoms with Gasteiger partial charge < -0.3 is 9.47 Å². The van der Waals surface area contributed by atoms with Gasteiger partial charge in [-0.25, -0.2) is 13.6 Å². The van der Waals surface area contributed by atoms with Crippen molar-refractivity contribution in [1.29, 1.82) is 0 Å². The second-order valence-electron chi connectivity index (χ2n) is 3.62. The van der Waals surface area contributed by atoms with E-state index in [2.05, 4.69) is 9.47 Å². The molecule has 0 heterocycles. The van der Waals surface area contributed by atoms with E-state index >= 15 is 0 Å². The van der Waals surface area contributed by atoms with Crippen LogP contribution in [-0.2, 0) is 4.74 Å². The van der Waals surface area contributed by atoms with E-state index in [0.29, 0.717) is 0 Å². The van der Waals surface area contributed by atoms with Crippen LogP contribution in [0.25, 0.3) is 0 Å². The van der Waals surface area contributed by atoms with Gasteiger partial charge in [0, 0.05) is 5.92 Å². The molecule has 1 aromatic rings. The SMILES string of the molecule is CC(C)C(Cl)OC(=O)Oc1c(F)cccc1F. The zero-order valence-corrected chi connectivity index (χ0v) is 10.0. The number of carbonyl (C=O) groups excluding carboxylic acids is 1. The minimum atomic E-state index is -1.25. The third-order valence-electron chi connectivity index (χ3n) is 1.84. The van der Waals surface area contributed by atoms with Crippen LogP contribution in [-0.4, -0.2) is 11.7 Å². The number of ether oxygens (including phenoxy) is 2. The van der Waals surface area contributed by atoms with Gasteiger partial charge in [-0.2, -0.15) is 0 Å². The predicted molar refractivity (Wildman–Crippen MR) is 57.9 cm³/mol. The highest BCUT2D eigenvalue weighted by Gasteiger charge is 2.20. The van der Waals surface area contributed by atoms with Gasteiger partial charge in [0.15, 0.2) is 17.2 Å². The summed E-state index contributed by atoms with van der Waals surface area (Å²) < 4.78 is 35.2. The maximum atomic E-state index is 13.1. The van der Waals surface area contributed by atoms with E-state index in [1.807, 2.05) is 0 Å². The van der Waals surface area contributed by atoms with Crippen molar-refractivity contribution in [2.45, 2.75) is 19.4 Å². The topological polar surface area (TPSA) is 35.5 Å². The monoisotopic (exact) mass is 264 g/mol. The van der Waals surface area contributed by atoms with Crippen LogP contribution in [0.15, 0.2) is 18.2 Å². The predicted octanol–water partition coefficient (Wildman–Crippen LogP) is 3.70. The van der Waals surface area contributed by atoms with Gasteiger partial charge in [0.1, 0.15) is 0 Å². The van der Waals surface area contributed by atoms with Crippen molar-refractivity contribution in [3.05, 3.63) is 29.8 Å². The molecule has 0 fully saturated rings. The van der Waals surface area contributed by atoms with Crippen molar-refractivity contribution in [1.82, 2.24) is 0 Å². The zero-order chi connectivity index (χ0) is 13.0. The molecule has 1 unspecified atom stereocenters. The third-order valence-corrected chi connectivity index (χ3v) is 2.43. The van der Waals surface area contributed by atoms with Crippen LogP contribution in [0.3, 0.4) is 0 Å². The van der Waals surface area contributed by atoms with Gasteiger partial charge in [-0.15, -0.1) is 0 Å². The molecule has 0 N–H and O–H groups in total. The summed E-state index contributed by atoms with van der Waals surface area (Å²) in [6.07, 6.45) is -1.25. The van der Waals surface area contributed by atoms with Gasteiger partial charge >= 0.3 is 6.16 Å². The van der Waals surface area contributed by atoms with E-state index in [-0.39, 0.29) is 5.92 Å². The number of hydrogen-bond acceptors (Lipinski definition) is 3. The Morgan fingerprint density at radius 1 is 1.29 bits per heavy atom. The number of para-hydroxylation sites is 1. The number of halogens is 3. The molecule has 6 heteroatoms. The maximum absolute atomic E-state index is 13.1. The lowest BCUT2D eigenvalue weighted by atomic mass is 10.2. The Hall–Kier alpha value is -1.36. The molecule has 3 nitrogen and oxygen atoms in total. The molecule has 0 saturated carbocycles. The Bertz CT molecular complexity index is 389. The lowest BCUT2D eigenvalue weighted by Gasteiger charge is -2.14. The molecule has 0 aliphatic carbocycles. The quantitative estimate of drug-likeness (QED) is 0.474. The molecule has 0 saturated heterocycles. The summed E-state index contributed by atoms with van der Waals surface area (Å²) in [5, 5.41) is 0. The highest BCUT2D eigenvalue weighted by atomic mass is 35.5. The maximum Gasteiger partial charge on any atom is 0.515 e. The number of rotatable bonds is 3. The molecule has 0 bridgehead atoms. The van der Waals surface area contributed by atoms with Crippen molar-refractivity contribution in [3.63, 3.8) is 0 Å². The number of hydrogen-bond donors (Lipinski definition) is 0. The fourth-order valence-electron chi connectivity index (χ4n) is 0.915. The molecule has 1 aromatic carbocycles. The van der Waals surface area contributed by atoms with Gasteiger partial charge in [0.05, 0.1) is 0 Å². The first-order valence-electron chi connectivity index (χ1n) is 4.88. The van der Waals surface area contributed by atoms with Crippen molar-refractivity contribution < 1.29 is 23.0 Å². The lowest BCUT2D eigenvalue weighted by molar-refractivity contribution is 0.0700. The molecular formula is C11H11ClF2O3. The number of carbonyl (C=O) groups is 1. The number of benzene rings is 1. The Morgan fingerprint density at radius 3 is 2.29 bits per heavy atom. The van der Waals surface area contributed by atoms with Crippen LogP contribution in [0, 0.1) is 17.6 Å². The van der Waals surface area contributed by atoms with Crippen molar-refractivity contribution in [2.75, 3.05) is 0 Å². The Morgan fingerprint density at radius 2 is 1.82 bits per heavy atom. The summed E-state index contributed by atoms with van der Waals surface area (Å²) in [4.78, 5) is 11.2. The van der Waals surface area contributed by atoms with Crippen LogP contribution in [0.4, 0.5) is 13.6 Å². The Kier molecular flexibility index (Phi) is 4.69. The fraction of sp³-hybridized carbons (Fsp3) is 0.364. The van der Waals surface area contributed by atoms with Crippen molar-refractivity contribution >= 4 is 17.8 Å². The largest absolute Gasteiger partial charge is 0.515 e. The zero-order valence-electron chi connectivity index (χ0n) is 9.25. The molecule has 0 radical (unpaired) electrons. The highest BCUT2D eigenvalue weighted by molar-refractivity contribution is 6.20. The van der Waals surface area contributed by atoms with E-state index in [4.69, 9.17) is 11.6 Å². The summed E-state index contributed by atoms with van der Waals surface area (Å²) >= 11 is 5.65. The minimum absolute atomic E-state index is 0.144. The van der Waals surface area contributed by atoms with Gasteiger partial charge in [0.25, 0.3) is 0 Å². The van der Waals surface area contributed by atoms with Gasteiger partial charge in [0.2, 0.25) is 5.75 Å². The normalized spacial score (nSPS) is 12.4. The molecule has 0 aromatic heterocycles. The number of alkyl halides is 1. The summed E-state index contributed by atoms with van der Waals surface area (Å²) in [6.45, 7) is 3.43. The molecule has 94 valence electrons. The molecule has 0 aliphatic rings. The first kappa shape index (κ1) is 13.7. The summed E-state index contributed by atoms with van der Waals surface area (Å²) in [5.41, 5.74) is -0.919. The van der Waals surface area contributed by atoms with E-state index in [0.717, 1.165) is 18.2 Å². The van der Waals surface area contributed by atoms with E-state index in [1.54, 1.807) is 13.8 Å². The lowest BCUT2D eigenvalue weighted by Crippen LogP contribution is -2.21. The Labute approximate surface area is 102 Å². The standard InChI is InChI=1S/C11H11ClF2O3/c1-6(2)10(12)17-11(15)16-9-7(13)4-3-5-8(9)14/h3-6,10H,1-2H3. The third kappa shape index (κ3) is 3.85. The van der Waals surface area contributed by atoms with Crippen LogP contribution in [0.2, 0.25) is 0 Å².